The number of unbranched alkanes of at least 4 members (excludes halogenated alkanes) is 6. The molecule has 2 aromatic heterocycles. The van der Waals surface area contributed by atoms with Gasteiger partial charge in [-0.25, -0.2) is 9.97 Å². The Labute approximate surface area is 366 Å². The van der Waals surface area contributed by atoms with E-state index in [2.05, 4.69) is 104 Å². The van der Waals surface area contributed by atoms with Gasteiger partial charge >= 0.3 is 257 Å². The molecule has 0 aliphatic carbocycles. The van der Waals surface area contributed by atoms with Gasteiger partial charge in [-0.1, -0.05) is 58.0 Å². The fraction of sp³-hybridized carbons (Fsp3) is 0.583. The molecule has 0 atom stereocenters. The topological polar surface area (TPSA) is 51.6 Å². The predicted molar refractivity (Wildman–Crippen MR) is 261 cm³/mol. The van der Waals surface area contributed by atoms with Crippen LogP contribution in [0.2, 0.25) is 26.6 Å². The Morgan fingerprint density at radius 3 is 1.04 bits per heavy atom. The molecule has 0 fully saturated rings. The van der Waals surface area contributed by atoms with E-state index >= 15 is 0 Å². The number of nitrogens with zero attached hydrogens (tertiary/aromatic N) is 4. The van der Waals surface area contributed by atoms with Crippen LogP contribution < -0.4 is 3.58 Å². The molecule has 0 unspecified atom stereocenters. The average Bonchev–Trinajstić information content (AvgIpc) is 3.27. The first-order valence-electron chi connectivity index (χ1n) is 22.4. The van der Waals surface area contributed by atoms with Crippen molar-refractivity contribution in [2.45, 2.75) is 173 Å². The van der Waals surface area contributed by atoms with E-state index in [1.165, 1.54) is 104 Å². The van der Waals surface area contributed by atoms with Crippen molar-refractivity contribution in [1.82, 2.24) is 19.9 Å². The van der Waals surface area contributed by atoms with Crippen molar-refractivity contribution in [3.8, 4) is 22.8 Å². The Kier molecular flexibility index (Phi) is 35.2. The molecule has 2 aromatic carbocycles. The molecule has 4 rings (SSSR count). The standard InChI is InChI=1S/C10H7BrN2.C10H7N2.6C4H9.2C2H6.ClH.2Sn/c11-9-6-12-10(13-7-9)8-4-2-1-3-5-8;1-2-5-9(6-3-1)10-11-7-4-8-12-10;6*1-3-4-2;2*1-2;;;/h1-7H;1-3,5-8H;6*1,3-4H2,2H3;2*1-2H3;1H;;/q;;;;;;;;;;;;+1/p-1. The fourth-order valence-corrected chi connectivity index (χ4v) is 35.4. The third-order valence-corrected chi connectivity index (χ3v) is 40.3. The number of hydrogen-bond donors (Lipinski definition) is 0. The van der Waals surface area contributed by atoms with Gasteiger partial charge in [0.15, 0.2) is 5.82 Å². The molecule has 0 saturated carbocycles. The minimum absolute atomic E-state index is 0.754. The third kappa shape index (κ3) is 22.9. The fourth-order valence-electron chi connectivity index (χ4n) is 6.60. The first-order valence-corrected chi connectivity index (χ1v) is 40.3. The summed E-state index contributed by atoms with van der Waals surface area (Å²) >= 11 is -1.17. The molecule has 2 heterocycles. The molecule has 0 spiro atoms. The Bertz CT molecular complexity index is 1380. The molecular weight excluding hydrogens is 985 g/mol. The number of aromatic nitrogens is 4. The van der Waals surface area contributed by atoms with E-state index in [9.17, 15) is 0 Å². The second kappa shape index (κ2) is 35.9. The predicted octanol–water partition coefficient (Wildman–Crippen LogP) is 16.7. The van der Waals surface area contributed by atoms with Crippen LogP contribution in [0.15, 0.2) is 89.9 Å². The number of benzene rings is 2. The van der Waals surface area contributed by atoms with Crippen LogP contribution in [0.25, 0.3) is 22.8 Å². The van der Waals surface area contributed by atoms with E-state index in [0.717, 1.165) is 27.2 Å². The Morgan fingerprint density at radius 2 is 0.732 bits per heavy atom. The Balaban J connectivity index is 0.000000831. The second-order valence-electron chi connectivity index (χ2n) is 14.3. The van der Waals surface area contributed by atoms with Crippen LogP contribution in [0.5, 0.6) is 0 Å². The quantitative estimate of drug-likeness (QED) is 0.0781. The number of hydrogen-bond acceptors (Lipinski definition) is 4. The molecule has 0 N–H and O–H groups in total. The summed E-state index contributed by atoms with van der Waals surface area (Å²) in [5.74, 6) is 1.62. The van der Waals surface area contributed by atoms with Crippen LogP contribution in [-0.2, 0) is 0 Å². The van der Waals surface area contributed by atoms with Gasteiger partial charge in [0.1, 0.15) is 0 Å². The van der Waals surface area contributed by atoms with Gasteiger partial charge in [0.05, 0.1) is 4.47 Å². The van der Waals surface area contributed by atoms with Crippen LogP contribution in [0.1, 0.15) is 146 Å². The van der Waals surface area contributed by atoms with E-state index in [-0.39, 0.29) is 0 Å². The molecule has 0 radical (unpaired) electrons. The molecule has 56 heavy (non-hydrogen) atoms. The Morgan fingerprint density at radius 1 is 0.446 bits per heavy atom. The Hall–Kier alpha value is -1.03. The van der Waals surface area contributed by atoms with E-state index in [1.807, 2.05) is 64.1 Å². The van der Waals surface area contributed by atoms with E-state index in [0.29, 0.717) is 0 Å². The van der Waals surface area contributed by atoms with Crippen LogP contribution in [0.3, 0.4) is 0 Å². The molecule has 4 aromatic rings. The molecule has 0 aliphatic rings. The molecule has 0 aliphatic heterocycles. The normalized spacial score (nSPS) is 10.7. The van der Waals surface area contributed by atoms with Gasteiger partial charge in [0.25, 0.3) is 0 Å². The van der Waals surface area contributed by atoms with Crippen LogP contribution in [-0.4, -0.2) is 55.6 Å². The maximum absolute atomic E-state index is 6.89. The van der Waals surface area contributed by atoms with Gasteiger partial charge in [-0.3, -0.25) is 0 Å². The van der Waals surface area contributed by atoms with Crippen LogP contribution in [0, 0.1) is 0 Å². The summed E-state index contributed by atoms with van der Waals surface area (Å²) in [6.07, 6.45) is 24.1. The zero-order chi connectivity index (χ0) is 41.9. The molecule has 8 heteroatoms. The van der Waals surface area contributed by atoms with Gasteiger partial charge in [-0.2, -0.15) is 0 Å². The molecule has 0 bridgehead atoms. The van der Waals surface area contributed by atoms with Crippen LogP contribution >= 0.6 is 24.9 Å². The van der Waals surface area contributed by atoms with Crippen molar-refractivity contribution in [3.63, 3.8) is 0 Å². The zero-order valence-corrected chi connectivity index (χ0v) is 45.4. The van der Waals surface area contributed by atoms with E-state index < -0.39 is 35.6 Å². The molecule has 314 valence electrons. The zero-order valence-electron chi connectivity index (χ0n) is 37.4. The summed E-state index contributed by atoms with van der Waals surface area (Å²) in [5, 5.41) is 0. The maximum atomic E-state index is 6.89. The van der Waals surface area contributed by atoms with Gasteiger partial charge in [0, 0.05) is 18.0 Å². The summed E-state index contributed by atoms with van der Waals surface area (Å²) < 4.78 is 11.1. The number of halogens is 2. The van der Waals surface area contributed by atoms with Crippen molar-refractivity contribution < 1.29 is 0 Å². The van der Waals surface area contributed by atoms with Crippen LogP contribution in [0.4, 0.5) is 0 Å². The van der Waals surface area contributed by atoms with Crippen molar-refractivity contribution >= 4 is 64.1 Å². The third-order valence-electron chi connectivity index (χ3n) is 9.91. The minimum atomic E-state index is -2.38. The van der Waals surface area contributed by atoms with Crippen molar-refractivity contribution in [2.75, 3.05) is 0 Å². The SMILES string of the molecule is Brc1cnc(-c2ccccc2)nc1.CC.CC.CCC[CH2][Sn]([CH2]CCC)([CH2]CCC)[c]1cnc(-c2ccccc2)nc1.CCC[CH2][Sn]([Cl])([CH2]CCC)[CH2]CCC. The van der Waals surface area contributed by atoms with Gasteiger partial charge in [-0.15, -0.1) is 0 Å². The van der Waals surface area contributed by atoms with Gasteiger partial charge in [-0.05, 0) is 15.9 Å². The van der Waals surface area contributed by atoms with E-state index in [1.54, 1.807) is 16.0 Å². The first kappa shape index (κ1) is 55.0. The summed E-state index contributed by atoms with van der Waals surface area (Å²) in [6.45, 7) is 21.8. The number of rotatable bonds is 21. The summed E-state index contributed by atoms with van der Waals surface area (Å²) in [4.78, 5) is 17.9. The second-order valence-corrected chi connectivity index (χ2v) is 44.7. The van der Waals surface area contributed by atoms with Gasteiger partial charge in [0.2, 0.25) is 0 Å². The summed E-state index contributed by atoms with van der Waals surface area (Å²) in [7, 11) is 6.89. The molecule has 0 amide bonds. The van der Waals surface area contributed by atoms with Crippen molar-refractivity contribution in [1.29, 1.82) is 0 Å². The molecule has 0 saturated heterocycles. The van der Waals surface area contributed by atoms with Crippen molar-refractivity contribution in [3.05, 3.63) is 89.9 Å². The molecular formula is C48H80BrClN4Sn2. The van der Waals surface area contributed by atoms with Gasteiger partial charge < -0.3 is 0 Å². The summed E-state index contributed by atoms with van der Waals surface area (Å²) in [6, 6.07) is 20.2. The molecule has 4 nitrogen and oxygen atoms in total. The monoisotopic (exact) mass is 1070 g/mol. The van der Waals surface area contributed by atoms with E-state index in [4.69, 9.17) is 18.9 Å². The first-order chi connectivity index (χ1) is 27.3. The summed E-state index contributed by atoms with van der Waals surface area (Å²) in [5.41, 5.74) is 2.15. The van der Waals surface area contributed by atoms with Crippen molar-refractivity contribution in [2.24, 2.45) is 0 Å². The average molecular weight is 1070 g/mol.